The molecule has 1 atom stereocenters. The van der Waals surface area contributed by atoms with Crippen LogP contribution in [0.25, 0.3) is 0 Å². The van der Waals surface area contributed by atoms with Crippen molar-refractivity contribution in [1.29, 1.82) is 0 Å². The first-order valence-corrected chi connectivity index (χ1v) is 6.31. The Bertz CT molecular complexity index is 438. The molecule has 0 spiro atoms. The number of hydrogen-bond acceptors (Lipinski definition) is 3. The Morgan fingerprint density at radius 2 is 2.11 bits per heavy atom. The van der Waals surface area contributed by atoms with Crippen LogP contribution in [0.2, 0.25) is 0 Å². The number of carbonyl (C=O) groups is 2. The van der Waals surface area contributed by atoms with E-state index in [1.165, 1.54) is 17.1 Å². The van der Waals surface area contributed by atoms with Crippen LogP contribution < -0.4 is 5.73 Å². The van der Waals surface area contributed by atoms with E-state index in [1.807, 2.05) is 0 Å². The Balaban J connectivity index is 2.98. The molecular formula is C14H20N2O3. The highest BCUT2D eigenvalue weighted by Crippen LogP contribution is 2.20. The van der Waals surface area contributed by atoms with Gasteiger partial charge in [0.25, 0.3) is 5.91 Å². The summed E-state index contributed by atoms with van der Waals surface area (Å²) in [6.07, 6.45) is 6.73. The first-order valence-electron chi connectivity index (χ1n) is 6.31. The molecular weight excluding hydrogens is 244 g/mol. The van der Waals surface area contributed by atoms with Crippen molar-refractivity contribution in [2.24, 2.45) is 5.73 Å². The number of aliphatic carboxylic acids is 1. The highest BCUT2D eigenvalue weighted by molar-refractivity contribution is 5.98. The molecule has 3 N–H and O–H groups in total. The molecule has 1 rings (SSSR count). The maximum atomic E-state index is 12.3. The van der Waals surface area contributed by atoms with Crippen molar-refractivity contribution in [3.63, 3.8) is 0 Å². The standard InChI is InChI=1S/C14H20N2O3/c1-3-10(9-11(15)4-2)13(17)16-8-6-5-7-12(16)14(18)19/h3-4,9,12H,1,5-8,15H2,2H3,(H,18,19)/b10-9+,11-4+. The lowest BCUT2D eigenvalue weighted by Crippen LogP contribution is -2.48. The van der Waals surface area contributed by atoms with E-state index in [1.54, 1.807) is 13.0 Å². The molecule has 0 aliphatic carbocycles. The summed E-state index contributed by atoms with van der Waals surface area (Å²) < 4.78 is 0. The van der Waals surface area contributed by atoms with Gasteiger partial charge in [-0.1, -0.05) is 18.7 Å². The SMILES string of the molecule is C=C/C(=C\C(N)=C/C)C(=O)N1CCCCC1C(=O)O. The van der Waals surface area contributed by atoms with Crippen molar-refractivity contribution in [2.45, 2.75) is 32.2 Å². The number of allylic oxidation sites excluding steroid dienone is 2. The Hall–Kier alpha value is -2.04. The topological polar surface area (TPSA) is 83.6 Å². The van der Waals surface area contributed by atoms with Crippen molar-refractivity contribution >= 4 is 11.9 Å². The largest absolute Gasteiger partial charge is 0.480 e. The Morgan fingerprint density at radius 3 is 2.63 bits per heavy atom. The molecule has 104 valence electrons. The summed E-state index contributed by atoms with van der Waals surface area (Å²) in [6, 6.07) is -0.753. The lowest BCUT2D eigenvalue weighted by molar-refractivity contribution is -0.150. The van der Waals surface area contributed by atoms with Gasteiger partial charge in [0.05, 0.1) is 0 Å². The molecule has 1 unspecified atom stereocenters. The van der Waals surface area contributed by atoms with Crippen LogP contribution in [0.15, 0.2) is 36.1 Å². The number of amides is 1. The number of carbonyl (C=O) groups excluding carboxylic acids is 1. The second kappa shape index (κ2) is 6.78. The van der Waals surface area contributed by atoms with Crippen molar-refractivity contribution in [1.82, 2.24) is 4.90 Å². The summed E-state index contributed by atoms with van der Waals surface area (Å²) in [6.45, 7) is 5.81. The maximum Gasteiger partial charge on any atom is 0.326 e. The molecule has 0 aromatic carbocycles. The fourth-order valence-corrected chi connectivity index (χ4v) is 2.07. The highest BCUT2D eigenvalue weighted by Gasteiger charge is 2.32. The second-order valence-corrected chi connectivity index (χ2v) is 4.44. The average molecular weight is 264 g/mol. The summed E-state index contributed by atoms with van der Waals surface area (Å²) in [5.74, 6) is -1.29. The molecule has 0 saturated carbocycles. The number of likely N-dealkylation sites (tertiary alicyclic amines) is 1. The summed E-state index contributed by atoms with van der Waals surface area (Å²) in [5, 5.41) is 9.16. The van der Waals surface area contributed by atoms with Crippen LogP contribution in [-0.2, 0) is 9.59 Å². The van der Waals surface area contributed by atoms with E-state index in [2.05, 4.69) is 6.58 Å². The van der Waals surface area contributed by atoms with Gasteiger partial charge in [0, 0.05) is 17.8 Å². The second-order valence-electron chi connectivity index (χ2n) is 4.44. The number of carboxylic acid groups (broad SMARTS) is 1. The van der Waals surface area contributed by atoms with Gasteiger partial charge in [0.1, 0.15) is 6.04 Å². The summed E-state index contributed by atoms with van der Waals surface area (Å²) >= 11 is 0. The average Bonchev–Trinajstić information content (AvgIpc) is 2.43. The molecule has 1 saturated heterocycles. The first-order chi connectivity index (χ1) is 9.01. The Morgan fingerprint density at radius 1 is 1.42 bits per heavy atom. The summed E-state index contributed by atoms with van der Waals surface area (Å²) in [7, 11) is 0. The van der Waals surface area contributed by atoms with E-state index in [0.29, 0.717) is 24.2 Å². The van der Waals surface area contributed by atoms with Crippen LogP contribution in [0.3, 0.4) is 0 Å². The number of nitrogens with two attached hydrogens (primary N) is 1. The van der Waals surface area contributed by atoms with E-state index in [0.717, 1.165) is 12.8 Å². The summed E-state index contributed by atoms with van der Waals surface area (Å²) in [4.78, 5) is 24.9. The van der Waals surface area contributed by atoms with Gasteiger partial charge in [-0.25, -0.2) is 4.79 Å². The zero-order chi connectivity index (χ0) is 14.4. The molecule has 0 bridgehead atoms. The maximum absolute atomic E-state index is 12.3. The third-order valence-electron chi connectivity index (χ3n) is 3.17. The van der Waals surface area contributed by atoms with Gasteiger partial charge < -0.3 is 15.7 Å². The van der Waals surface area contributed by atoms with Crippen molar-refractivity contribution < 1.29 is 14.7 Å². The molecule has 0 radical (unpaired) electrons. The third kappa shape index (κ3) is 3.71. The zero-order valence-corrected chi connectivity index (χ0v) is 11.1. The smallest absolute Gasteiger partial charge is 0.326 e. The van der Waals surface area contributed by atoms with Gasteiger partial charge in [-0.05, 0) is 32.3 Å². The highest BCUT2D eigenvalue weighted by atomic mass is 16.4. The molecule has 0 aromatic heterocycles. The molecule has 5 heteroatoms. The Labute approximate surface area is 113 Å². The first kappa shape index (κ1) is 15.0. The van der Waals surface area contributed by atoms with Crippen LogP contribution >= 0.6 is 0 Å². The molecule has 0 aromatic rings. The number of hydrogen-bond donors (Lipinski definition) is 2. The molecule has 19 heavy (non-hydrogen) atoms. The lowest BCUT2D eigenvalue weighted by Gasteiger charge is -2.33. The zero-order valence-electron chi connectivity index (χ0n) is 11.1. The van der Waals surface area contributed by atoms with Crippen LogP contribution in [0.4, 0.5) is 0 Å². The molecule has 1 aliphatic heterocycles. The molecule has 1 fully saturated rings. The number of nitrogens with zero attached hydrogens (tertiary/aromatic N) is 1. The minimum Gasteiger partial charge on any atom is -0.480 e. The normalized spacial score (nSPS) is 21.1. The van der Waals surface area contributed by atoms with Crippen molar-refractivity contribution in [2.75, 3.05) is 6.54 Å². The van der Waals surface area contributed by atoms with E-state index in [9.17, 15) is 9.59 Å². The van der Waals surface area contributed by atoms with Crippen LogP contribution in [0, 0.1) is 0 Å². The van der Waals surface area contributed by atoms with Gasteiger partial charge in [-0.2, -0.15) is 0 Å². The Kier molecular flexibility index (Phi) is 5.36. The fourth-order valence-electron chi connectivity index (χ4n) is 2.07. The van der Waals surface area contributed by atoms with E-state index >= 15 is 0 Å². The van der Waals surface area contributed by atoms with E-state index < -0.39 is 12.0 Å². The lowest BCUT2D eigenvalue weighted by atomic mass is 10.0. The fraction of sp³-hybridized carbons (Fsp3) is 0.429. The van der Waals surface area contributed by atoms with Gasteiger partial charge in [0.2, 0.25) is 0 Å². The predicted molar refractivity (Wildman–Crippen MR) is 73.2 cm³/mol. The minimum absolute atomic E-state index is 0.323. The van der Waals surface area contributed by atoms with Crippen molar-refractivity contribution in [3.8, 4) is 0 Å². The number of piperidine rings is 1. The quantitative estimate of drug-likeness (QED) is 0.594. The molecule has 1 aliphatic rings. The van der Waals surface area contributed by atoms with Gasteiger partial charge >= 0.3 is 5.97 Å². The summed E-state index contributed by atoms with van der Waals surface area (Å²) in [5.41, 5.74) is 6.44. The van der Waals surface area contributed by atoms with Crippen molar-refractivity contribution in [3.05, 3.63) is 36.1 Å². The molecule has 5 nitrogen and oxygen atoms in total. The van der Waals surface area contributed by atoms with Crippen LogP contribution in [-0.4, -0.2) is 34.5 Å². The molecule has 1 heterocycles. The predicted octanol–water partition coefficient (Wildman–Crippen LogP) is 1.43. The van der Waals surface area contributed by atoms with E-state index in [4.69, 9.17) is 10.8 Å². The van der Waals surface area contributed by atoms with Gasteiger partial charge in [-0.3, -0.25) is 4.79 Å². The minimum atomic E-state index is -0.963. The van der Waals surface area contributed by atoms with Gasteiger partial charge in [0.15, 0.2) is 0 Å². The monoisotopic (exact) mass is 264 g/mol. The van der Waals surface area contributed by atoms with E-state index in [-0.39, 0.29) is 5.91 Å². The number of carboxylic acids is 1. The number of rotatable bonds is 4. The molecule has 1 amide bonds. The van der Waals surface area contributed by atoms with Crippen LogP contribution in [0.1, 0.15) is 26.2 Å². The van der Waals surface area contributed by atoms with Gasteiger partial charge in [-0.15, -0.1) is 0 Å². The van der Waals surface area contributed by atoms with Crippen LogP contribution in [0.5, 0.6) is 0 Å². The third-order valence-corrected chi connectivity index (χ3v) is 3.17.